The fourth-order valence-corrected chi connectivity index (χ4v) is 4.12. The van der Waals surface area contributed by atoms with Gasteiger partial charge in [-0.15, -0.1) is 0 Å². The number of hydrogen-bond donors (Lipinski definition) is 1. The van der Waals surface area contributed by atoms with E-state index in [2.05, 4.69) is 12.1 Å². The number of hydrogen-bond acceptors (Lipinski definition) is 2. The summed E-state index contributed by atoms with van der Waals surface area (Å²) in [6, 6.07) is 19.9. The molecule has 1 amide bonds. The van der Waals surface area contributed by atoms with Crippen molar-refractivity contribution in [2.24, 2.45) is 11.3 Å². The molecule has 2 aromatic rings. The van der Waals surface area contributed by atoms with Gasteiger partial charge in [0.15, 0.2) is 0 Å². The smallest absolute Gasteiger partial charge is 0.238 e. The first-order valence-electron chi connectivity index (χ1n) is 9.78. The van der Waals surface area contributed by atoms with Crippen LogP contribution in [0.25, 0.3) is 0 Å². The maximum atomic E-state index is 13.4. The Morgan fingerprint density at radius 1 is 1.07 bits per heavy atom. The van der Waals surface area contributed by atoms with Crippen LogP contribution in [-0.2, 0) is 11.3 Å². The molecule has 0 bridgehead atoms. The zero-order valence-electron chi connectivity index (χ0n) is 16.4. The van der Waals surface area contributed by atoms with Crippen LogP contribution in [0.1, 0.15) is 44.4 Å². The highest BCUT2D eigenvalue weighted by Crippen LogP contribution is 2.55. The number of aliphatic hydroxyl groups excluding tert-OH is 1. The topological polar surface area (TPSA) is 40.5 Å². The lowest BCUT2D eigenvalue weighted by molar-refractivity contribution is -0.185. The van der Waals surface area contributed by atoms with Crippen LogP contribution in [0.2, 0.25) is 0 Å². The fraction of sp³-hybridized carbons (Fsp3) is 0.375. The number of rotatable bonds is 7. The van der Waals surface area contributed by atoms with E-state index in [1.54, 1.807) is 0 Å². The molecule has 1 saturated heterocycles. The van der Waals surface area contributed by atoms with Gasteiger partial charge in [-0.3, -0.25) is 4.79 Å². The average Bonchev–Trinajstić information content (AvgIpc) is 2.70. The summed E-state index contributed by atoms with van der Waals surface area (Å²) in [6.45, 7) is 6.54. The second kappa shape index (κ2) is 8.10. The molecule has 1 aliphatic rings. The Morgan fingerprint density at radius 3 is 2.22 bits per heavy atom. The van der Waals surface area contributed by atoms with E-state index in [1.807, 2.05) is 86.4 Å². The average molecular weight is 364 g/mol. The molecule has 142 valence electrons. The van der Waals surface area contributed by atoms with Crippen molar-refractivity contribution in [1.29, 1.82) is 0 Å². The number of nitrogens with zero attached hydrogens (tertiary/aromatic N) is 1. The second-order valence-corrected chi connectivity index (χ2v) is 7.66. The van der Waals surface area contributed by atoms with Gasteiger partial charge in [0.05, 0.1) is 12.1 Å². The van der Waals surface area contributed by atoms with Crippen molar-refractivity contribution < 1.29 is 9.90 Å². The minimum absolute atomic E-state index is 0.00565. The maximum absolute atomic E-state index is 13.4. The van der Waals surface area contributed by atoms with Crippen molar-refractivity contribution in [2.45, 2.75) is 45.9 Å². The summed E-state index contributed by atoms with van der Waals surface area (Å²) < 4.78 is 0. The van der Waals surface area contributed by atoms with Gasteiger partial charge in [0.2, 0.25) is 5.91 Å². The molecule has 1 aliphatic heterocycles. The summed E-state index contributed by atoms with van der Waals surface area (Å²) in [5, 5.41) is 11.1. The van der Waals surface area contributed by atoms with Crippen molar-refractivity contribution >= 4 is 5.91 Å². The van der Waals surface area contributed by atoms with Gasteiger partial charge in [-0.1, -0.05) is 93.6 Å². The van der Waals surface area contributed by atoms with E-state index in [0.29, 0.717) is 6.54 Å². The molecule has 3 rings (SSSR count). The zero-order chi connectivity index (χ0) is 19.4. The largest absolute Gasteiger partial charge is 0.391 e. The Morgan fingerprint density at radius 2 is 1.67 bits per heavy atom. The van der Waals surface area contributed by atoms with Gasteiger partial charge >= 0.3 is 0 Å². The van der Waals surface area contributed by atoms with Crippen LogP contribution < -0.4 is 0 Å². The molecule has 3 atom stereocenters. The number of carbonyl (C=O) groups excluding carboxylic acids is 1. The molecular weight excluding hydrogens is 334 g/mol. The Bertz CT molecular complexity index is 785. The number of β-lactam (4-membered cyclic amide) rings is 1. The predicted octanol–water partition coefficient (Wildman–Crippen LogP) is 4.74. The lowest BCUT2D eigenvalue weighted by Crippen LogP contribution is -2.67. The summed E-state index contributed by atoms with van der Waals surface area (Å²) >= 11 is 0. The SMILES string of the molecule is CC/C=C/[C@]1([C@@H](O)C(C)C)C(=O)N(Cc2ccccc2)[C@@H]1c1ccccc1. The summed E-state index contributed by atoms with van der Waals surface area (Å²) in [7, 11) is 0. The number of likely N-dealkylation sites (tertiary alicyclic amines) is 1. The first kappa shape index (κ1) is 19.4. The van der Waals surface area contributed by atoms with E-state index >= 15 is 0 Å². The van der Waals surface area contributed by atoms with Gasteiger partial charge in [-0.25, -0.2) is 0 Å². The Balaban J connectivity index is 2.06. The van der Waals surface area contributed by atoms with Crippen LogP contribution in [0.15, 0.2) is 72.8 Å². The monoisotopic (exact) mass is 363 g/mol. The molecule has 0 aromatic heterocycles. The van der Waals surface area contributed by atoms with Gasteiger partial charge in [-0.05, 0) is 23.5 Å². The van der Waals surface area contributed by atoms with Crippen LogP contribution in [-0.4, -0.2) is 22.0 Å². The molecule has 3 nitrogen and oxygen atoms in total. The van der Waals surface area contributed by atoms with Crippen LogP contribution in [0, 0.1) is 11.3 Å². The normalized spacial score (nSPS) is 23.7. The number of aliphatic hydroxyl groups is 1. The summed E-state index contributed by atoms with van der Waals surface area (Å²) in [5.41, 5.74) is 1.26. The summed E-state index contributed by atoms with van der Waals surface area (Å²) in [5.74, 6) is -0.00773. The highest BCUT2D eigenvalue weighted by Gasteiger charge is 2.63. The molecule has 0 aliphatic carbocycles. The highest BCUT2D eigenvalue weighted by atomic mass is 16.3. The molecule has 1 heterocycles. The predicted molar refractivity (Wildman–Crippen MR) is 109 cm³/mol. The van der Waals surface area contributed by atoms with Gasteiger partial charge < -0.3 is 10.0 Å². The molecule has 0 spiro atoms. The van der Waals surface area contributed by atoms with Crippen LogP contribution in [0.4, 0.5) is 0 Å². The minimum atomic E-state index is -0.902. The van der Waals surface area contributed by atoms with Crippen molar-refractivity contribution in [1.82, 2.24) is 4.90 Å². The van der Waals surface area contributed by atoms with Crippen molar-refractivity contribution in [3.05, 3.63) is 83.9 Å². The standard InChI is InChI=1S/C24H29NO2/c1-4-5-16-24(22(26)18(2)3)21(20-14-10-7-11-15-20)25(23(24)27)17-19-12-8-6-9-13-19/h5-16,18,21-22,26H,4,17H2,1-3H3/b16-5+/t21-,22+,24+/m1/s1. The number of carbonyl (C=O) groups is 1. The number of allylic oxidation sites excluding steroid dienone is 1. The second-order valence-electron chi connectivity index (χ2n) is 7.66. The van der Waals surface area contributed by atoms with Crippen LogP contribution >= 0.6 is 0 Å². The minimum Gasteiger partial charge on any atom is -0.391 e. The third-order valence-corrected chi connectivity index (χ3v) is 5.46. The van der Waals surface area contributed by atoms with Crippen molar-refractivity contribution in [2.75, 3.05) is 0 Å². The van der Waals surface area contributed by atoms with Gasteiger partial charge in [0.1, 0.15) is 5.41 Å². The lowest BCUT2D eigenvalue weighted by Gasteiger charge is -2.58. The molecule has 27 heavy (non-hydrogen) atoms. The van der Waals surface area contributed by atoms with E-state index in [4.69, 9.17) is 0 Å². The summed E-state index contributed by atoms with van der Waals surface area (Å²) in [6.07, 6.45) is 4.07. The van der Waals surface area contributed by atoms with E-state index in [1.165, 1.54) is 0 Å². The van der Waals surface area contributed by atoms with E-state index < -0.39 is 11.5 Å². The van der Waals surface area contributed by atoms with E-state index in [0.717, 1.165) is 17.5 Å². The Labute approximate surface area is 162 Å². The molecule has 1 fully saturated rings. The third kappa shape index (κ3) is 3.44. The van der Waals surface area contributed by atoms with Gasteiger partial charge in [-0.2, -0.15) is 0 Å². The van der Waals surface area contributed by atoms with Gasteiger partial charge in [0, 0.05) is 6.54 Å². The Hall–Kier alpha value is -2.39. The maximum Gasteiger partial charge on any atom is 0.238 e. The molecular formula is C24H29NO2. The molecule has 0 saturated carbocycles. The van der Waals surface area contributed by atoms with Crippen LogP contribution in [0.5, 0.6) is 0 Å². The van der Waals surface area contributed by atoms with E-state index in [9.17, 15) is 9.90 Å². The van der Waals surface area contributed by atoms with Gasteiger partial charge in [0.25, 0.3) is 0 Å². The third-order valence-electron chi connectivity index (χ3n) is 5.46. The molecule has 0 unspecified atom stereocenters. The zero-order valence-corrected chi connectivity index (χ0v) is 16.4. The first-order valence-corrected chi connectivity index (χ1v) is 9.78. The number of amides is 1. The summed E-state index contributed by atoms with van der Waals surface area (Å²) in [4.78, 5) is 15.3. The fourth-order valence-electron chi connectivity index (χ4n) is 4.12. The van der Waals surface area contributed by atoms with Crippen molar-refractivity contribution in [3.8, 4) is 0 Å². The number of benzene rings is 2. The highest BCUT2D eigenvalue weighted by molar-refractivity contribution is 5.93. The molecule has 0 radical (unpaired) electrons. The molecule has 3 heteroatoms. The quantitative estimate of drug-likeness (QED) is 0.570. The molecule has 2 aromatic carbocycles. The van der Waals surface area contributed by atoms with E-state index in [-0.39, 0.29) is 17.9 Å². The van der Waals surface area contributed by atoms with Crippen LogP contribution in [0.3, 0.4) is 0 Å². The molecule has 1 N–H and O–H groups in total. The Kier molecular flexibility index (Phi) is 5.81. The first-order chi connectivity index (χ1) is 13.0. The lowest BCUT2D eigenvalue weighted by atomic mass is 9.61. The van der Waals surface area contributed by atoms with Crippen molar-refractivity contribution in [3.63, 3.8) is 0 Å².